The van der Waals surface area contributed by atoms with Crippen molar-refractivity contribution in [2.75, 3.05) is 0 Å². The van der Waals surface area contributed by atoms with Gasteiger partial charge in [0.1, 0.15) is 17.2 Å². The Bertz CT molecular complexity index is 1210. The summed E-state index contributed by atoms with van der Waals surface area (Å²) in [6.07, 6.45) is 1.68. The zero-order valence-electron chi connectivity index (χ0n) is 17.3. The van der Waals surface area contributed by atoms with Gasteiger partial charge in [-0.2, -0.15) is 5.10 Å². The summed E-state index contributed by atoms with van der Waals surface area (Å²) in [6.45, 7) is 3.98. The molecular formula is C24H22N4O3. The van der Waals surface area contributed by atoms with E-state index in [9.17, 15) is 9.59 Å². The summed E-state index contributed by atoms with van der Waals surface area (Å²) in [5.74, 6) is 0.220. The number of amides is 2. The van der Waals surface area contributed by atoms with Gasteiger partial charge in [-0.1, -0.05) is 60.7 Å². The highest BCUT2D eigenvalue weighted by Crippen LogP contribution is 2.22. The fourth-order valence-corrected chi connectivity index (χ4v) is 3.35. The van der Waals surface area contributed by atoms with Crippen LogP contribution in [0.15, 0.2) is 77.3 Å². The fraction of sp³-hybridized carbons (Fsp3) is 0.125. The summed E-state index contributed by atoms with van der Waals surface area (Å²) in [5, 5.41) is 4.63. The molecule has 4 rings (SSSR count). The molecule has 0 spiro atoms. The van der Waals surface area contributed by atoms with Crippen LogP contribution in [0.4, 0.5) is 0 Å². The van der Waals surface area contributed by atoms with Crippen molar-refractivity contribution in [1.29, 1.82) is 0 Å². The van der Waals surface area contributed by atoms with E-state index >= 15 is 0 Å². The maximum Gasteiger partial charge on any atom is 0.273 e. The second kappa shape index (κ2) is 8.71. The summed E-state index contributed by atoms with van der Waals surface area (Å²) in [4.78, 5) is 25.3. The molecule has 0 aliphatic carbocycles. The molecule has 2 N–H and O–H groups in total. The zero-order valence-corrected chi connectivity index (χ0v) is 17.3. The van der Waals surface area contributed by atoms with Gasteiger partial charge in [0.2, 0.25) is 0 Å². The van der Waals surface area contributed by atoms with Gasteiger partial charge < -0.3 is 4.42 Å². The van der Waals surface area contributed by atoms with Gasteiger partial charge in [0.05, 0.1) is 17.7 Å². The molecule has 2 amide bonds. The molecule has 0 aliphatic rings. The summed E-state index contributed by atoms with van der Waals surface area (Å²) in [6, 6.07) is 21.0. The predicted octanol–water partition coefficient (Wildman–Crippen LogP) is 3.88. The smallest absolute Gasteiger partial charge is 0.273 e. The first-order chi connectivity index (χ1) is 15.0. The van der Waals surface area contributed by atoms with Gasteiger partial charge in [0.25, 0.3) is 11.8 Å². The highest BCUT2D eigenvalue weighted by atomic mass is 16.3. The monoisotopic (exact) mass is 414 g/mol. The number of nitrogens with zero attached hydrogens (tertiary/aromatic N) is 2. The molecule has 2 heterocycles. The Labute approximate surface area is 179 Å². The molecule has 7 nitrogen and oxygen atoms in total. The molecule has 0 aliphatic heterocycles. The van der Waals surface area contributed by atoms with E-state index in [-0.39, 0.29) is 0 Å². The lowest BCUT2D eigenvalue weighted by Gasteiger charge is -2.07. The number of carbonyl (C=O) groups excluding carboxylic acids is 2. The number of carbonyl (C=O) groups is 2. The van der Waals surface area contributed by atoms with Gasteiger partial charge >= 0.3 is 0 Å². The van der Waals surface area contributed by atoms with Crippen molar-refractivity contribution in [2.45, 2.75) is 20.4 Å². The Balaban J connectivity index is 1.57. The van der Waals surface area contributed by atoms with Crippen LogP contribution in [0.5, 0.6) is 0 Å². The van der Waals surface area contributed by atoms with Crippen LogP contribution in [0.3, 0.4) is 0 Å². The SMILES string of the molecule is Cc1cc(C(=O)NNC(=O)c2cn(Cc3ccccc3)nc2-c2ccccc2)c(C)o1. The van der Waals surface area contributed by atoms with Gasteiger partial charge in [-0.3, -0.25) is 25.1 Å². The highest BCUT2D eigenvalue weighted by Gasteiger charge is 2.20. The maximum atomic E-state index is 12.9. The van der Waals surface area contributed by atoms with Crippen LogP contribution >= 0.6 is 0 Å². The third-order valence-corrected chi connectivity index (χ3v) is 4.82. The van der Waals surface area contributed by atoms with Crippen molar-refractivity contribution in [1.82, 2.24) is 20.6 Å². The molecule has 2 aromatic carbocycles. The Morgan fingerprint density at radius 3 is 2.13 bits per heavy atom. The number of aryl methyl sites for hydroxylation is 2. The molecule has 4 aromatic rings. The van der Waals surface area contributed by atoms with Crippen molar-refractivity contribution in [3.8, 4) is 11.3 Å². The van der Waals surface area contributed by atoms with E-state index in [4.69, 9.17) is 4.42 Å². The first-order valence-electron chi connectivity index (χ1n) is 9.86. The quantitative estimate of drug-likeness (QED) is 0.485. The van der Waals surface area contributed by atoms with Crippen molar-refractivity contribution >= 4 is 11.8 Å². The number of benzene rings is 2. The molecular weight excluding hydrogens is 392 g/mol. The van der Waals surface area contributed by atoms with E-state index in [2.05, 4.69) is 16.0 Å². The average Bonchev–Trinajstić information content (AvgIpc) is 3.35. The van der Waals surface area contributed by atoms with Gasteiger partial charge in [-0.15, -0.1) is 0 Å². The van der Waals surface area contributed by atoms with Crippen LogP contribution in [0, 0.1) is 13.8 Å². The molecule has 0 unspecified atom stereocenters. The number of aromatic nitrogens is 2. The Hall–Kier alpha value is -4.13. The lowest BCUT2D eigenvalue weighted by atomic mass is 10.1. The number of hydrogen-bond donors (Lipinski definition) is 2. The number of rotatable bonds is 5. The number of furan rings is 1. The average molecular weight is 414 g/mol. The van der Waals surface area contributed by atoms with Crippen molar-refractivity contribution in [3.63, 3.8) is 0 Å². The third-order valence-electron chi connectivity index (χ3n) is 4.82. The van der Waals surface area contributed by atoms with E-state index in [1.165, 1.54) is 0 Å². The predicted molar refractivity (Wildman–Crippen MR) is 116 cm³/mol. The van der Waals surface area contributed by atoms with Crippen LogP contribution < -0.4 is 10.9 Å². The second-order valence-electron chi connectivity index (χ2n) is 7.18. The zero-order chi connectivity index (χ0) is 21.8. The van der Waals surface area contributed by atoms with Crippen LogP contribution in [-0.2, 0) is 6.54 Å². The summed E-state index contributed by atoms with van der Waals surface area (Å²) < 4.78 is 7.10. The van der Waals surface area contributed by atoms with Crippen molar-refractivity contribution in [2.24, 2.45) is 0 Å². The van der Waals surface area contributed by atoms with E-state index in [1.807, 2.05) is 60.7 Å². The van der Waals surface area contributed by atoms with Crippen LogP contribution in [0.25, 0.3) is 11.3 Å². The molecule has 0 bridgehead atoms. The fourth-order valence-electron chi connectivity index (χ4n) is 3.35. The van der Waals surface area contributed by atoms with Gasteiger partial charge in [-0.25, -0.2) is 0 Å². The standard InChI is InChI=1S/C24H22N4O3/c1-16-13-20(17(2)31-16)23(29)25-26-24(30)21-15-28(14-18-9-5-3-6-10-18)27-22(21)19-11-7-4-8-12-19/h3-13,15H,14H2,1-2H3,(H,25,29)(H,26,30). The third kappa shape index (κ3) is 4.56. The first kappa shape index (κ1) is 20.2. The van der Waals surface area contributed by atoms with Gasteiger partial charge in [0.15, 0.2) is 0 Å². The summed E-state index contributed by atoms with van der Waals surface area (Å²) in [5.41, 5.74) is 8.10. The normalized spacial score (nSPS) is 10.6. The molecule has 2 aromatic heterocycles. The van der Waals surface area contributed by atoms with Crippen LogP contribution in [-0.4, -0.2) is 21.6 Å². The molecule has 156 valence electrons. The Kier molecular flexibility index (Phi) is 5.66. The minimum Gasteiger partial charge on any atom is -0.466 e. The minimum absolute atomic E-state index is 0.363. The molecule has 0 radical (unpaired) electrons. The molecule has 31 heavy (non-hydrogen) atoms. The Morgan fingerprint density at radius 1 is 0.903 bits per heavy atom. The number of hydrazine groups is 1. The van der Waals surface area contributed by atoms with E-state index < -0.39 is 11.8 Å². The van der Waals surface area contributed by atoms with Gasteiger partial charge in [0, 0.05) is 11.8 Å². The minimum atomic E-state index is -0.454. The highest BCUT2D eigenvalue weighted by molar-refractivity contribution is 6.02. The first-order valence-corrected chi connectivity index (χ1v) is 9.86. The largest absolute Gasteiger partial charge is 0.466 e. The topological polar surface area (TPSA) is 89.2 Å². The second-order valence-corrected chi connectivity index (χ2v) is 7.18. The number of nitrogens with one attached hydrogen (secondary N) is 2. The maximum absolute atomic E-state index is 12.9. The van der Waals surface area contributed by atoms with Crippen molar-refractivity contribution < 1.29 is 14.0 Å². The van der Waals surface area contributed by atoms with Crippen LogP contribution in [0.1, 0.15) is 37.8 Å². The van der Waals surface area contributed by atoms with E-state index in [0.29, 0.717) is 34.9 Å². The summed E-state index contributed by atoms with van der Waals surface area (Å²) in [7, 11) is 0. The van der Waals surface area contributed by atoms with E-state index in [0.717, 1.165) is 11.1 Å². The van der Waals surface area contributed by atoms with E-state index in [1.54, 1.807) is 30.8 Å². The molecule has 0 saturated carbocycles. The lowest BCUT2D eigenvalue weighted by molar-refractivity contribution is 0.0846. The molecule has 0 saturated heterocycles. The summed E-state index contributed by atoms with van der Waals surface area (Å²) >= 11 is 0. The van der Waals surface area contributed by atoms with Gasteiger partial charge in [-0.05, 0) is 25.5 Å². The molecule has 0 fully saturated rings. The molecule has 7 heteroatoms. The molecule has 0 atom stereocenters. The number of hydrogen-bond acceptors (Lipinski definition) is 4. The van der Waals surface area contributed by atoms with Crippen LogP contribution in [0.2, 0.25) is 0 Å². The van der Waals surface area contributed by atoms with Crippen molar-refractivity contribution in [3.05, 3.63) is 101 Å². The lowest BCUT2D eigenvalue weighted by Crippen LogP contribution is -2.41. The Morgan fingerprint density at radius 2 is 1.52 bits per heavy atom.